The lowest BCUT2D eigenvalue weighted by Gasteiger charge is -2.19. The molecular weight excluding hydrogens is 390 g/mol. The molecule has 0 spiro atoms. The van der Waals surface area contributed by atoms with Crippen molar-refractivity contribution in [3.05, 3.63) is 102 Å². The molecule has 3 aromatic carbocycles. The SMILES string of the molecule is C[C@H](NC(=O)C(=O)NC1C(=O)N(Cc2ccccc2)c2ccccc21)c1ccccc1. The third-order valence-corrected chi connectivity index (χ3v) is 5.36. The zero-order chi connectivity index (χ0) is 21.8. The second-order valence-corrected chi connectivity index (χ2v) is 7.48. The summed E-state index contributed by atoms with van der Waals surface area (Å²) in [6.07, 6.45) is 0. The van der Waals surface area contributed by atoms with E-state index in [1.54, 1.807) is 17.9 Å². The van der Waals surface area contributed by atoms with Crippen LogP contribution in [0.15, 0.2) is 84.9 Å². The lowest BCUT2D eigenvalue weighted by molar-refractivity contribution is -0.140. The number of hydrogen-bond donors (Lipinski definition) is 2. The molecule has 1 heterocycles. The molecule has 0 fully saturated rings. The Bertz CT molecular complexity index is 1100. The van der Waals surface area contributed by atoms with Gasteiger partial charge in [-0.1, -0.05) is 78.9 Å². The summed E-state index contributed by atoms with van der Waals surface area (Å²) in [6, 6.07) is 25.1. The molecule has 6 nitrogen and oxygen atoms in total. The predicted molar refractivity (Wildman–Crippen MR) is 118 cm³/mol. The number of carbonyl (C=O) groups excluding carboxylic acids is 3. The number of amides is 3. The van der Waals surface area contributed by atoms with Gasteiger partial charge in [0.25, 0.3) is 5.91 Å². The zero-order valence-electron chi connectivity index (χ0n) is 17.1. The van der Waals surface area contributed by atoms with Crippen LogP contribution < -0.4 is 15.5 Å². The van der Waals surface area contributed by atoms with E-state index in [0.717, 1.165) is 16.8 Å². The largest absolute Gasteiger partial charge is 0.341 e. The first-order valence-electron chi connectivity index (χ1n) is 10.1. The molecule has 0 aromatic heterocycles. The minimum absolute atomic E-state index is 0.262. The summed E-state index contributed by atoms with van der Waals surface area (Å²) < 4.78 is 0. The van der Waals surface area contributed by atoms with E-state index < -0.39 is 17.9 Å². The van der Waals surface area contributed by atoms with E-state index in [1.165, 1.54) is 0 Å². The second kappa shape index (κ2) is 8.83. The highest BCUT2D eigenvalue weighted by atomic mass is 16.2. The normalized spacial score (nSPS) is 15.8. The molecule has 31 heavy (non-hydrogen) atoms. The Balaban J connectivity index is 1.48. The minimum Gasteiger partial charge on any atom is -0.341 e. The molecule has 0 bridgehead atoms. The molecule has 4 rings (SSSR count). The smallest absolute Gasteiger partial charge is 0.310 e. The molecule has 2 N–H and O–H groups in total. The Kier molecular flexibility index (Phi) is 5.80. The molecule has 3 aromatic rings. The number of anilines is 1. The number of benzene rings is 3. The van der Waals surface area contributed by atoms with Gasteiger partial charge in [0.1, 0.15) is 6.04 Å². The number of hydrogen-bond acceptors (Lipinski definition) is 3. The van der Waals surface area contributed by atoms with Crippen molar-refractivity contribution in [1.82, 2.24) is 10.6 Å². The lowest BCUT2D eigenvalue weighted by Crippen LogP contribution is -2.45. The van der Waals surface area contributed by atoms with E-state index in [0.29, 0.717) is 12.1 Å². The maximum absolute atomic E-state index is 13.1. The van der Waals surface area contributed by atoms with Crippen molar-refractivity contribution in [3.63, 3.8) is 0 Å². The standard InChI is InChI=1S/C25H23N3O3/c1-17(19-12-6-3-7-13-19)26-23(29)24(30)27-22-20-14-8-9-15-21(20)28(25(22)31)16-18-10-4-2-5-11-18/h2-15,17,22H,16H2,1H3,(H,26,29)(H,27,30)/t17-,22?/m0/s1. The average molecular weight is 413 g/mol. The molecule has 0 saturated heterocycles. The highest BCUT2D eigenvalue weighted by molar-refractivity contribution is 6.35. The van der Waals surface area contributed by atoms with Crippen LogP contribution in [0.2, 0.25) is 0 Å². The number of para-hydroxylation sites is 1. The van der Waals surface area contributed by atoms with Gasteiger partial charge >= 0.3 is 11.8 Å². The van der Waals surface area contributed by atoms with Crippen LogP contribution in [0, 0.1) is 0 Å². The first kappa shape index (κ1) is 20.3. The average Bonchev–Trinajstić information content (AvgIpc) is 3.06. The summed E-state index contributed by atoms with van der Waals surface area (Å²) >= 11 is 0. The van der Waals surface area contributed by atoms with Crippen LogP contribution in [-0.2, 0) is 20.9 Å². The Labute approximate surface area is 180 Å². The third kappa shape index (κ3) is 4.33. The van der Waals surface area contributed by atoms with Gasteiger partial charge in [-0.3, -0.25) is 14.4 Å². The van der Waals surface area contributed by atoms with Gasteiger partial charge in [0.2, 0.25) is 0 Å². The summed E-state index contributed by atoms with van der Waals surface area (Å²) in [5.74, 6) is -1.87. The van der Waals surface area contributed by atoms with Crippen molar-refractivity contribution < 1.29 is 14.4 Å². The highest BCUT2D eigenvalue weighted by Crippen LogP contribution is 2.36. The maximum atomic E-state index is 13.1. The van der Waals surface area contributed by atoms with Gasteiger partial charge in [0, 0.05) is 11.3 Å². The molecule has 2 atom stereocenters. The summed E-state index contributed by atoms with van der Waals surface area (Å²) in [4.78, 5) is 39.8. The Morgan fingerprint density at radius 3 is 2.19 bits per heavy atom. The van der Waals surface area contributed by atoms with E-state index >= 15 is 0 Å². The van der Waals surface area contributed by atoms with Gasteiger partial charge < -0.3 is 15.5 Å². The van der Waals surface area contributed by atoms with Crippen LogP contribution in [0.3, 0.4) is 0 Å². The molecule has 6 heteroatoms. The van der Waals surface area contributed by atoms with Crippen LogP contribution in [0.1, 0.15) is 35.7 Å². The van der Waals surface area contributed by atoms with E-state index in [-0.39, 0.29) is 11.9 Å². The van der Waals surface area contributed by atoms with E-state index in [2.05, 4.69) is 10.6 Å². The van der Waals surface area contributed by atoms with Crippen molar-refractivity contribution in [1.29, 1.82) is 0 Å². The molecule has 1 aliphatic heterocycles. The van der Waals surface area contributed by atoms with Gasteiger partial charge in [0.05, 0.1) is 12.6 Å². The van der Waals surface area contributed by atoms with Crippen molar-refractivity contribution in [2.75, 3.05) is 4.90 Å². The molecule has 0 aliphatic carbocycles. The number of fused-ring (bicyclic) bond motifs is 1. The van der Waals surface area contributed by atoms with Crippen LogP contribution in [0.5, 0.6) is 0 Å². The van der Waals surface area contributed by atoms with E-state index in [1.807, 2.05) is 78.9 Å². The number of rotatable bonds is 5. The number of nitrogens with zero attached hydrogens (tertiary/aromatic N) is 1. The van der Waals surface area contributed by atoms with Gasteiger partial charge in [0.15, 0.2) is 0 Å². The minimum atomic E-state index is -0.898. The molecule has 1 aliphatic rings. The Morgan fingerprint density at radius 2 is 1.48 bits per heavy atom. The predicted octanol–water partition coefficient (Wildman–Crippen LogP) is 3.27. The fourth-order valence-electron chi connectivity index (χ4n) is 3.74. The summed E-state index contributed by atoms with van der Waals surface area (Å²) in [6.45, 7) is 2.19. The highest BCUT2D eigenvalue weighted by Gasteiger charge is 2.38. The van der Waals surface area contributed by atoms with Gasteiger partial charge in [-0.15, -0.1) is 0 Å². The molecule has 156 valence electrons. The van der Waals surface area contributed by atoms with Gasteiger partial charge in [-0.25, -0.2) is 0 Å². The zero-order valence-corrected chi connectivity index (χ0v) is 17.1. The van der Waals surface area contributed by atoms with Crippen LogP contribution in [-0.4, -0.2) is 17.7 Å². The summed E-state index contributed by atoms with van der Waals surface area (Å²) in [5.41, 5.74) is 3.28. The first-order valence-corrected chi connectivity index (χ1v) is 10.1. The van der Waals surface area contributed by atoms with E-state index in [4.69, 9.17) is 0 Å². The molecule has 3 amide bonds. The van der Waals surface area contributed by atoms with Crippen LogP contribution >= 0.6 is 0 Å². The van der Waals surface area contributed by atoms with Crippen molar-refractivity contribution >= 4 is 23.4 Å². The fourth-order valence-corrected chi connectivity index (χ4v) is 3.74. The van der Waals surface area contributed by atoms with E-state index in [9.17, 15) is 14.4 Å². The Morgan fingerprint density at radius 1 is 0.871 bits per heavy atom. The van der Waals surface area contributed by atoms with Crippen LogP contribution in [0.25, 0.3) is 0 Å². The molecule has 0 radical (unpaired) electrons. The van der Waals surface area contributed by atoms with Gasteiger partial charge in [-0.2, -0.15) is 0 Å². The quantitative estimate of drug-likeness (QED) is 0.630. The topological polar surface area (TPSA) is 78.5 Å². The lowest BCUT2D eigenvalue weighted by atomic mass is 10.1. The molecular formula is C25H23N3O3. The number of carbonyl (C=O) groups is 3. The third-order valence-electron chi connectivity index (χ3n) is 5.36. The van der Waals surface area contributed by atoms with Crippen molar-refractivity contribution in [2.24, 2.45) is 0 Å². The summed E-state index contributed by atoms with van der Waals surface area (Å²) in [7, 11) is 0. The number of nitrogens with one attached hydrogen (secondary N) is 2. The van der Waals surface area contributed by atoms with Crippen molar-refractivity contribution in [2.45, 2.75) is 25.6 Å². The van der Waals surface area contributed by atoms with Crippen LogP contribution in [0.4, 0.5) is 5.69 Å². The first-order chi connectivity index (χ1) is 15.0. The maximum Gasteiger partial charge on any atom is 0.310 e. The monoisotopic (exact) mass is 413 g/mol. The fraction of sp³-hybridized carbons (Fsp3) is 0.160. The van der Waals surface area contributed by atoms with Crippen molar-refractivity contribution in [3.8, 4) is 0 Å². The second-order valence-electron chi connectivity index (χ2n) is 7.48. The Hall–Kier alpha value is -3.93. The van der Waals surface area contributed by atoms with Gasteiger partial charge in [-0.05, 0) is 24.1 Å². The molecule has 0 saturated carbocycles. The summed E-state index contributed by atoms with van der Waals surface area (Å²) in [5, 5.41) is 5.30. The molecule has 1 unspecified atom stereocenters.